The summed E-state index contributed by atoms with van der Waals surface area (Å²) in [6.45, 7) is 3.42. The quantitative estimate of drug-likeness (QED) is 0.259. The van der Waals surface area contributed by atoms with Crippen molar-refractivity contribution in [2.45, 2.75) is 87.1 Å². The molecule has 50 heavy (non-hydrogen) atoms. The van der Waals surface area contributed by atoms with Crippen LogP contribution in [0.3, 0.4) is 0 Å². The fourth-order valence-electron chi connectivity index (χ4n) is 12.8. The predicted molar refractivity (Wildman–Crippen MR) is 178 cm³/mol. The van der Waals surface area contributed by atoms with Gasteiger partial charge in [-0.2, -0.15) is 0 Å². The summed E-state index contributed by atoms with van der Waals surface area (Å²) in [5.41, 5.74) is -3.23. The number of benzene rings is 1. The molecule has 6 aliphatic rings. The second-order valence-electron chi connectivity index (χ2n) is 15.4. The summed E-state index contributed by atoms with van der Waals surface area (Å²) >= 11 is 0. The second kappa shape index (κ2) is 12.8. The van der Waals surface area contributed by atoms with Crippen LogP contribution in [0.4, 0.5) is 5.69 Å². The van der Waals surface area contributed by atoms with Gasteiger partial charge in [0.2, 0.25) is 5.91 Å². The van der Waals surface area contributed by atoms with Crippen LogP contribution in [-0.4, -0.2) is 130 Å². The number of aliphatic carboxylic acids is 1. The first-order valence-electron chi connectivity index (χ1n) is 17.9. The molecule has 1 aromatic carbocycles. The number of hydrogen-bond donors (Lipinski definition) is 3. The first-order chi connectivity index (χ1) is 24.0. The van der Waals surface area contributed by atoms with E-state index in [1.54, 1.807) is 59.8 Å². The number of aliphatic hydroxyl groups is 1. The molecule has 7 bridgehead atoms. The Morgan fingerprint density at radius 2 is 1.78 bits per heavy atom. The molecular weight excluding hydrogens is 648 g/mol. The molecule has 0 radical (unpaired) electrons. The number of hydrogen-bond acceptors (Lipinski definition) is 11. The number of ether oxygens (including phenoxy) is 6. The molecule has 1 aliphatic heterocycles. The van der Waals surface area contributed by atoms with E-state index >= 15 is 0 Å². The average molecular weight is 701 g/mol. The average Bonchev–Trinajstić information content (AvgIpc) is 3.52. The number of likely N-dealkylation sites (N-methyl/N-ethyl adjacent to an activating group) is 1. The van der Waals surface area contributed by atoms with E-state index in [1.807, 2.05) is 0 Å². The van der Waals surface area contributed by atoms with Gasteiger partial charge in [0.25, 0.3) is 0 Å². The number of methoxy groups -OCH3 is 5. The van der Waals surface area contributed by atoms with E-state index in [1.165, 1.54) is 0 Å². The number of carboxylic acids is 1. The van der Waals surface area contributed by atoms with Crippen molar-refractivity contribution in [3.63, 3.8) is 0 Å². The number of carboxylic acid groups (broad SMARTS) is 1. The highest BCUT2D eigenvalue weighted by molar-refractivity contribution is 6.01. The number of fused-ring (bicyclic) bond motifs is 2. The van der Waals surface area contributed by atoms with E-state index < -0.39 is 46.0 Å². The SMILES string of the molecule is CCN1C[C@]2(COC(=O)c3ccccc3NC(=O)CCC(=O)O)CC[C@@H](OC)C34C5CC6[C@H](OC)C5[C@](OC)(C[C@@H]6OC)C(O)(C(OC)[C@@H]32)C14. The summed E-state index contributed by atoms with van der Waals surface area (Å²) in [4.78, 5) is 39.8. The number of carbonyl (C=O) groups excluding carboxylic acids is 2. The molecule has 5 aliphatic carbocycles. The second-order valence-corrected chi connectivity index (χ2v) is 15.4. The van der Waals surface area contributed by atoms with Gasteiger partial charge in [0.1, 0.15) is 11.2 Å². The van der Waals surface area contributed by atoms with Gasteiger partial charge in [0.15, 0.2) is 0 Å². The summed E-state index contributed by atoms with van der Waals surface area (Å²) in [5.74, 6) is -2.39. The smallest absolute Gasteiger partial charge is 0.340 e. The van der Waals surface area contributed by atoms with Crippen molar-refractivity contribution in [1.82, 2.24) is 4.90 Å². The third-order valence-corrected chi connectivity index (χ3v) is 14.1. The molecule has 13 atom stereocenters. The largest absolute Gasteiger partial charge is 0.481 e. The molecule has 3 N–H and O–H groups in total. The minimum atomic E-state index is -1.47. The van der Waals surface area contributed by atoms with Gasteiger partial charge in [-0.15, -0.1) is 0 Å². The van der Waals surface area contributed by atoms with E-state index in [2.05, 4.69) is 17.1 Å². The summed E-state index contributed by atoms with van der Waals surface area (Å²) in [7, 11) is 8.61. The maximum Gasteiger partial charge on any atom is 0.340 e. The lowest BCUT2D eigenvalue weighted by molar-refractivity contribution is -0.326. The molecule has 1 aromatic rings. The van der Waals surface area contributed by atoms with E-state index in [9.17, 15) is 19.5 Å². The highest BCUT2D eigenvalue weighted by Crippen LogP contribution is 2.81. The molecule has 13 heteroatoms. The van der Waals surface area contributed by atoms with Crippen LogP contribution in [0.25, 0.3) is 0 Å². The van der Waals surface area contributed by atoms with Gasteiger partial charge in [-0.25, -0.2) is 4.79 Å². The maximum absolute atomic E-state index is 13.9. The zero-order valence-electron chi connectivity index (χ0n) is 29.9. The van der Waals surface area contributed by atoms with Crippen LogP contribution in [-0.2, 0) is 38.0 Å². The minimum Gasteiger partial charge on any atom is -0.481 e. The minimum absolute atomic E-state index is 0.0457. The van der Waals surface area contributed by atoms with Gasteiger partial charge in [0, 0.05) is 83.5 Å². The molecule has 276 valence electrons. The monoisotopic (exact) mass is 700 g/mol. The lowest BCUT2D eigenvalue weighted by Gasteiger charge is -2.70. The Morgan fingerprint density at radius 3 is 2.42 bits per heavy atom. The number of piperidine rings is 1. The number of nitrogens with zero attached hydrogens (tertiary/aromatic N) is 1. The summed E-state index contributed by atoms with van der Waals surface area (Å²) in [6.07, 6.45) is 0.980. The van der Waals surface area contributed by atoms with Crippen LogP contribution in [0.1, 0.15) is 55.8 Å². The lowest BCUT2D eigenvalue weighted by Crippen LogP contribution is -2.82. The first-order valence-corrected chi connectivity index (χ1v) is 17.9. The standard InChI is InChI=1S/C37H52N2O11/c1-7-39-18-34(19-50-32(43)20-10-8-9-11-23(20)38-26(40)12-13-27(41)42)15-14-25(46-3)36-22-16-21-24(45-2)17-35(49-6,28(22)29(21)47-4)37(44,33(36)39)31(48-5)30(34)36/h8-11,21-22,24-25,28-31,33,44H,7,12-19H2,1-6H3,(H,38,40)(H,41,42)/t21?,22?,24-,25+,28?,29-,30+,31?,33?,34-,35+,36?,37?/m0/s1. The van der Waals surface area contributed by atoms with Crippen molar-refractivity contribution >= 4 is 23.5 Å². The Bertz CT molecular complexity index is 1510. The third kappa shape index (κ3) is 4.46. The molecule has 0 aromatic heterocycles. The molecule has 1 heterocycles. The number of anilines is 1. The summed E-state index contributed by atoms with van der Waals surface area (Å²) < 4.78 is 38.4. The third-order valence-electron chi connectivity index (χ3n) is 14.1. The fourth-order valence-corrected chi connectivity index (χ4v) is 12.8. The molecule has 1 amide bonds. The lowest BCUT2D eigenvalue weighted by atomic mass is 9.42. The van der Waals surface area contributed by atoms with Crippen molar-refractivity contribution in [3.05, 3.63) is 29.8 Å². The number of rotatable bonds is 13. The van der Waals surface area contributed by atoms with E-state index in [0.29, 0.717) is 25.9 Å². The van der Waals surface area contributed by atoms with Gasteiger partial charge in [-0.05, 0) is 43.9 Å². The Hall–Kier alpha value is -2.65. The van der Waals surface area contributed by atoms with Gasteiger partial charge >= 0.3 is 11.9 Å². The molecule has 13 nitrogen and oxygen atoms in total. The molecule has 5 saturated carbocycles. The van der Waals surface area contributed by atoms with Crippen molar-refractivity contribution < 1.29 is 53.0 Å². The van der Waals surface area contributed by atoms with E-state index in [0.717, 1.165) is 12.8 Å². The van der Waals surface area contributed by atoms with Gasteiger partial charge in [-0.1, -0.05) is 19.1 Å². The van der Waals surface area contributed by atoms with Crippen LogP contribution in [0.5, 0.6) is 0 Å². The van der Waals surface area contributed by atoms with Crippen LogP contribution in [0.2, 0.25) is 0 Å². The van der Waals surface area contributed by atoms with Crippen LogP contribution in [0, 0.1) is 34.5 Å². The van der Waals surface area contributed by atoms with Crippen molar-refractivity contribution in [1.29, 1.82) is 0 Å². The number of carbonyl (C=O) groups is 3. The van der Waals surface area contributed by atoms with Crippen molar-refractivity contribution in [2.24, 2.45) is 34.5 Å². The topological polar surface area (TPSA) is 162 Å². The van der Waals surface area contributed by atoms with Gasteiger partial charge < -0.3 is 44.0 Å². The number of esters is 1. The Kier molecular flexibility index (Phi) is 9.14. The maximum atomic E-state index is 13.9. The zero-order chi connectivity index (χ0) is 35.8. The summed E-state index contributed by atoms with van der Waals surface area (Å²) in [6, 6.07) is 6.23. The molecular formula is C37H52N2O11. The van der Waals surface area contributed by atoms with Crippen molar-refractivity contribution in [3.8, 4) is 0 Å². The molecule has 6 fully saturated rings. The van der Waals surface area contributed by atoms with E-state index in [-0.39, 0.29) is 78.7 Å². The number of para-hydroxylation sites is 1. The van der Waals surface area contributed by atoms with Gasteiger partial charge in [-0.3, -0.25) is 14.5 Å². The summed E-state index contributed by atoms with van der Waals surface area (Å²) in [5, 5.41) is 25.4. The zero-order valence-corrected chi connectivity index (χ0v) is 29.9. The highest BCUT2D eigenvalue weighted by Gasteiger charge is 2.92. The number of amides is 1. The number of likely N-dealkylation sites (tertiary alicyclic amines) is 1. The molecule has 1 spiro atoms. The number of nitrogens with one attached hydrogen (secondary N) is 1. The normalized spacial score (nSPS) is 43.8. The van der Waals surface area contributed by atoms with Crippen molar-refractivity contribution in [2.75, 3.05) is 60.6 Å². The van der Waals surface area contributed by atoms with Gasteiger partial charge in [0.05, 0.1) is 54.7 Å². The Balaban J connectivity index is 1.31. The van der Waals surface area contributed by atoms with Crippen LogP contribution in [0.15, 0.2) is 24.3 Å². The molecule has 7 rings (SSSR count). The van der Waals surface area contributed by atoms with Crippen LogP contribution >= 0.6 is 0 Å². The molecule has 7 unspecified atom stereocenters. The Morgan fingerprint density at radius 1 is 1.02 bits per heavy atom. The first kappa shape index (κ1) is 35.7. The fraction of sp³-hybridized carbons (Fsp3) is 0.757. The van der Waals surface area contributed by atoms with Crippen LogP contribution < -0.4 is 5.32 Å². The van der Waals surface area contributed by atoms with E-state index in [4.69, 9.17) is 33.5 Å². The Labute approximate surface area is 293 Å². The predicted octanol–water partition coefficient (Wildman–Crippen LogP) is 2.59. The molecule has 1 saturated heterocycles. The highest BCUT2D eigenvalue weighted by atomic mass is 16.6.